The fraction of sp³-hybridized carbons (Fsp3) is 0.647. The van der Waals surface area contributed by atoms with Crippen molar-refractivity contribution in [3.8, 4) is 0 Å². The van der Waals surface area contributed by atoms with E-state index in [2.05, 4.69) is 39.8 Å². The molecule has 1 rings (SSSR count). The van der Waals surface area contributed by atoms with E-state index >= 15 is 0 Å². The molecule has 0 saturated carbocycles. The van der Waals surface area contributed by atoms with E-state index in [1.165, 1.54) is 5.56 Å². The van der Waals surface area contributed by atoms with Gasteiger partial charge in [0.25, 0.3) is 0 Å². The molecular formula is C17H29NO. The van der Waals surface area contributed by atoms with Crippen LogP contribution in [0, 0.1) is 11.8 Å². The van der Waals surface area contributed by atoms with Gasteiger partial charge >= 0.3 is 0 Å². The van der Waals surface area contributed by atoms with Crippen molar-refractivity contribution in [2.75, 3.05) is 0 Å². The highest BCUT2D eigenvalue weighted by molar-refractivity contribution is 5.17. The molecule has 3 N–H and O–H groups in total. The fourth-order valence-electron chi connectivity index (χ4n) is 2.86. The Morgan fingerprint density at radius 3 is 1.89 bits per heavy atom. The molecule has 0 aliphatic carbocycles. The van der Waals surface area contributed by atoms with Gasteiger partial charge in [-0.1, -0.05) is 58.0 Å². The first-order valence-electron chi connectivity index (χ1n) is 7.35. The second-order valence-corrected chi connectivity index (χ2v) is 6.60. The zero-order valence-corrected chi connectivity index (χ0v) is 12.8. The van der Waals surface area contributed by atoms with E-state index in [1.807, 2.05) is 18.2 Å². The molecule has 0 spiro atoms. The van der Waals surface area contributed by atoms with E-state index in [-0.39, 0.29) is 6.04 Å². The molecule has 1 unspecified atom stereocenters. The maximum Gasteiger partial charge on any atom is 0.0806 e. The van der Waals surface area contributed by atoms with Gasteiger partial charge in [-0.3, -0.25) is 0 Å². The maximum atomic E-state index is 11.0. The van der Waals surface area contributed by atoms with Crippen molar-refractivity contribution in [2.45, 2.75) is 58.6 Å². The Labute approximate surface area is 118 Å². The Kier molecular flexibility index (Phi) is 6.02. The van der Waals surface area contributed by atoms with Crippen LogP contribution in [0.4, 0.5) is 0 Å². The van der Waals surface area contributed by atoms with Crippen LogP contribution in [-0.4, -0.2) is 16.7 Å². The molecule has 1 atom stereocenters. The minimum atomic E-state index is -0.766. The summed E-state index contributed by atoms with van der Waals surface area (Å²) in [6.07, 6.45) is 2.26. The van der Waals surface area contributed by atoms with E-state index in [0.717, 1.165) is 19.3 Å². The summed E-state index contributed by atoms with van der Waals surface area (Å²) >= 11 is 0. The minimum Gasteiger partial charge on any atom is -0.388 e. The van der Waals surface area contributed by atoms with E-state index in [4.69, 9.17) is 5.73 Å². The van der Waals surface area contributed by atoms with Gasteiger partial charge in [-0.15, -0.1) is 0 Å². The third-order valence-corrected chi connectivity index (χ3v) is 3.51. The standard InChI is InChI=1S/C17H29NO/c1-13(2)11-17(19,12-14(3)4)16(18)10-15-8-6-5-7-9-15/h5-9,13-14,16,19H,10-12,18H2,1-4H3. The molecule has 0 aromatic heterocycles. The summed E-state index contributed by atoms with van der Waals surface area (Å²) in [6, 6.07) is 9.98. The van der Waals surface area contributed by atoms with Crippen LogP contribution >= 0.6 is 0 Å². The topological polar surface area (TPSA) is 46.2 Å². The summed E-state index contributed by atoms with van der Waals surface area (Å²) in [5, 5.41) is 11.0. The lowest BCUT2D eigenvalue weighted by atomic mass is 9.78. The van der Waals surface area contributed by atoms with Crippen LogP contribution in [-0.2, 0) is 6.42 Å². The van der Waals surface area contributed by atoms with Crippen molar-refractivity contribution in [1.29, 1.82) is 0 Å². The van der Waals surface area contributed by atoms with Gasteiger partial charge in [0.05, 0.1) is 5.60 Å². The van der Waals surface area contributed by atoms with Gasteiger partial charge in [-0.25, -0.2) is 0 Å². The predicted molar refractivity (Wildman–Crippen MR) is 82.0 cm³/mol. The van der Waals surface area contributed by atoms with Crippen LogP contribution in [0.25, 0.3) is 0 Å². The number of nitrogens with two attached hydrogens (primary N) is 1. The fourth-order valence-corrected chi connectivity index (χ4v) is 2.86. The molecule has 0 radical (unpaired) electrons. The smallest absolute Gasteiger partial charge is 0.0806 e. The molecule has 0 aliphatic heterocycles. The summed E-state index contributed by atoms with van der Waals surface area (Å²) in [4.78, 5) is 0. The Bertz CT molecular complexity index is 349. The number of rotatable bonds is 7. The Hall–Kier alpha value is -0.860. The Morgan fingerprint density at radius 1 is 1.00 bits per heavy atom. The highest BCUT2D eigenvalue weighted by Gasteiger charge is 2.35. The van der Waals surface area contributed by atoms with Crippen molar-refractivity contribution >= 4 is 0 Å². The average Bonchev–Trinajstić information content (AvgIpc) is 2.27. The van der Waals surface area contributed by atoms with Crippen molar-refractivity contribution in [3.05, 3.63) is 35.9 Å². The quantitative estimate of drug-likeness (QED) is 0.792. The third kappa shape index (κ3) is 5.33. The zero-order valence-electron chi connectivity index (χ0n) is 12.8. The predicted octanol–water partition coefficient (Wildman–Crippen LogP) is 3.38. The van der Waals surface area contributed by atoms with Crippen molar-refractivity contribution in [2.24, 2.45) is 17.6 Å². The lowest BCUT2D eigenvalue weighted by molar-refractivity contribution is -0.0226. The third-order valence-electron chi connectivity index (χ3n) is 3.51. The van der Waals surface area contributed by atoms with Crippen molar-refractivity contribution in [3.63, 3.8) is 0 Å². The molecule has 108 valence electrons. The van der Waals surface area contributed by atoms with E-state index < -0.39 is 5.60 Å². The lowest BCUT2D eigenvalue weighted by Gasteiger charge is -2.37. The van der Waals surface area contributed by atoms with E-state index in [1.54, 1.807) is 0 Å². The number of aliphatic hydroxyl groups is 1. The van der Waals surface area contributed by atoms with Gasteiger partial charge in [0.15, 0.2) is 0 Å². The Balaban J connectivity index is 2.79. The van der Waals surface area contributed by atoms with Crippen LogP contribution in [0.3, 0.4) is 0 Å². The summed E-state index contributed by atoms with van der Waals surface area (Å²) < 4.78 is 0. The van der Waals surface area contributed by atoms with Crippen LogP contribution in [0.5, 0.6) is 0 Å². The number of hydrogen-bond acceptors (Lipinski definition) is 2. The number of hydrogen-bond donors (Lipinski definition) is 2. The molecule has 0 saturated heterocycles. The van der Waals surface area contributed by atoms with Gasteiger partial charge in [-0.2, -0.15) is 0 Å². The lowest BCUT2D eigenvalue weighted by Crippen LogP contribution is -2.51. The molecule has 19 heavy (non-hydrogen) atoms. The number of benzene rings is 1. The molecular weight excluding hydrogens is 234 g/mol. The maximum absolute atomic E-state index is 11.0. The molecule has 0 fully saturated rings. The van der Waals surface area contributed by atoms with Gasteiger partial charge in [0.2, 0.25) is 0 Å². The summed E-state index contributed by atoms with van der Waals surface area (Å²) in [5.41, 5.74) is 6.76. The van der Waals surface area contributed by atoms with Gasteiger partial charge < -0.3 is 10.8 Å². The normalized spacial score (nSPS) is 14.1. The van der Waals surface area contributed by atoms with Crippen molar-refractivity contribution in [1.82, 2.24) is 0 Å². The highest BCUT2D eigenvalue weighted by Crippen LogP contribution is 2.29. The first-order valence-corrected chi connectivity index (χ1v) is 7.35. The van der Waals surface area contributed by atoms with Gasteiger partial charge in [0, 0.05) is 6.04 Å². The molecule has 1 aromatic rings. The average molecular weight is 263 g/mol. The minimum absolute atomic E-state index is 0.209. The molecule has 1 aromatic carbocycles. The highest BCUT2D eigenvalue weighted by atomic mass is 16.3. The molecule has 0 amide bonds. The SMILES string of the molecule is CC(C)CC(O)(CC(C)C)C(N)Cc1ccccc1. The molecule has 0 bridgehead atoms. The second-order valence-electron chi connectivity index (χ2n) is 6.60. The second kappa shape index (κ2) is 7.06. The molecule has 2 heteroatoms. The first-order chi connectivity index (χ1) is 8.83. The monoisotopic (exact) mass is 263 g/mol. The van der Waals surface area contributed by atoms with Gasteiger partial charge in [0.1, 0.15) is 0 Å². The largest absolute Gasteiger partial charge is 0.388 e. The van der Waals surface area contributed by atoms with E-state index in [0.29, 0.717) is 11.8 Å². The summed E-state index contributed by atoms with van der Waals surface area (Å²) in [5.74, 6) is 0.899. The van der Waals surface area contributed by atoms with Crippen molar-refractivity contribution < 1.29 is 5.11 Å². The van der Waals surface area contributed by atoms with Crippen LogP contribution in [0.1, 0.15) is 46.1 Å². The molecule has 0 aliphatic rings. The first kappa shape index (κ1) is 16.2. The van der Waals surface area contributed by atoms with Crippen LogP contribution < -0.4 is 5.73 Å². The van der Waals surface area contributed by atoms with Crippen LogP contribution in [0.2, 0.25) is 0 Å². The zero-order chi connectivity index (χ0) is 14.5. The Morgan fingerprint density at radius 2 is 1.47 bits per heavy atom. The van der Waals surface area contributed by atoms with Gasteiger partial charge in [-0.05, 0) is 36.7 Å². The van der Waals surface area contributed by atoms with Crippen LogP contribution in [0.15, 0.2) is 30.3 Å². The molecule has 2 nitrogen and oxygen atoms in total. The molecule has 0 heterocycles. The summed E-state index contributed by atoms with van der Waals surface area (Å²) in [6.45, 7) is 8.56. The summed E-state index contributed by atoms with van der Waals surface area (Å²) in [7, 11) is 0. The van der Waals surface area contributed by atoms with E-state index in [9.17, 15) is 5.11 Å².